The summed E-state index contributed by atoms with van der Waals surface area (Å²) in [5.41, 5.74) is 0. The lowest BCUT2D eigenvalue weighted by molar-refractivity contribution is 0.177. The zero-order valence-electron chi connectivity index (χ0n) is 13.1. The second-order valence-corrected chi connectivity index (χ2v) is 7.27. The average Bonchev–Trinajstić information content (AvgIpc) is 3.37. The van der Waals surface area contributed by atoms with Gasteiger partial charge in [0.05, 0.1) is 0 Å². The predicted octanol–water partition coefficient (Wildman–Crippen LogP) is 2.90. The predicted molar refractivity (Wildman–Crippen MR) is 83.0 cm³/mol. The second kappa shape index (κ2) is 6.99. The van der Waals surface area contributed by atoms with Crippen molar-refractivity contribution in [2.75, 3.05) is 13.2 Å². The second-order valence-electron chi connectivity index (χ2n) is 7.27. The topological polar surface area (TPSA) is 52.6 Å². The van der Waals surface area contributed by atoms with Crippen molar-refractivity contribution in [3.63, 3.8) is 0 Å². The Bertz CT molecular complexity index is 353. The zero-order chi connectivity index (χ0) is 14.7. The van der Waals surface area contributed by atoms with Crippen molar-refractivity contribution in [3.8, 4) is 0 Å². The van der Waals surface area contributed by atoms with Gasteiger partial charge < -0.3 is 15.3 Å². The van der Waals surface area contributed by atoms with Crippen LogP contribution in [0.3, 0.4) is 0 Å². The number of aliphatic hydroxyl groups is 1. The molecule has 0 heterocycles. The van der Waals surface area contributed by atoms with E-state index in [-0.39, 0.29) is 12.6 Å². The highest BCUT2D eigenvalue weighted by Crippen LogP contribution is 2.43. The van der Waals surface area contributed by atoms with E-state index in [1.807, 2.05) is 4.90 Å². The summed E-state index contributed by atoms with van der Waals surface area (Å²) in [6.07, 6.45) is 11.9. The van der Waals surface area contributed by atoms with Gasteiger partial charge in [-0.05, 0) is 63.2 Å². The molecule has 2 N–H and O–H groups in total. The largest absolute Gasteiger partial charge is 0.396 e. The van der Waals surface area contributed by atoms with Gasteiger partial charge in [0.15, 0.2) is 0 Å². The van der Waals surface area contributed by atoms with Gasteiger partial charge in [-0.2, -0.15) is 0 Å². The van der Waals surface area contributed by atoms with Crippen LogP contribution in [0.1, 0.15) is 64.2 Å². The number of hydrogen-bond acceptors (Lipinski definition) is 2. The first-order chi connectivity index (χ1) is 10.3. The Hall–Kier alpha value is -0.770. The highest BCUT2D eigenvalue weighted by Gasteiger charge is 2.37. The Balaban J connectivity index is 1.46. The standard InChI is InChI=1S/C17H30N2O2/c20-11-2-1-10-19(16-8-9-16)17(21)18-15-5-3-4-14(12-15)13-6-7-13/h13-16,20H,1-12H2,(H,18,21). The first-order valence-electron chi connectivity index (χ1n) is 8.96. The van der Waals surface area contributed by atoms with Crippen LogP contribution in [0.25, 0.3) is 0 Å². The number of rotatable bonds is 7. The summed E-state index contributed by atoms with van der Waals surface area (Å²) in [5.74, 6) is 1.83. The Morgan fingerprint density at radius 2 is 1.86 bits per heavy atom. The van der Waals surface area contributed by atoms with Crippen LogP contribution >= 0.6 is 0 Å². The number of aliphatic hydroxyl groups excluding tert-OH is 1. The average molecular weight is 294 g/mol. The van der Waals surface area contributed by atoms with Crippen molar-refractivity contribution < 1.29 is 9.90 Å². The van der Waals surface area contributed by atoms with Gasteiger partial charge in [-0.1, -0.05) is 12.8 Å². The van der Waals surface area contributed by atoms with Crippen LogP contribution in [0.2, 0.25) is 0 Å². The maximum atomic E-state index is 12.5. The van der Waals surface area contributed by atoms with Gasteiger partial charge in [0.1, 0.15) is 0 Å². The van der Waals surface area contributed by atoms with E-state index >= 15 is 0 Å². The lowest BCUT2D eigenvalue weighted by Crippen LogP contribution is -2.47. The van der Waals surface area contributed by atoms with Gasteiger partial charge in [0.25, 0.3) is 0 Å². The molecule has 0 aliphatic heterocycles. The van der Waals surface area contributed by atoms with E-state index in [1.165, 1.54) is 32.1 Å². The van der Waals surface area contributed by atoms with E-state index in [9.17, 15) is 4.79 Å². The minimum Gasteiger partial charge on any atom is -0.396 e. The van der Waals surface area contributed by atoms with Crippen LogP contribution in [0.15, 0.2) is 0 Å². The molecule has 0 radical (unpaired) electrons. The van der Waals surface area contributed by atoms with Crippen molar-refractivity contribution in [2.24, 2.45) is 11.8 Å². The van der Waals surface area contributed by atoms with E-state index in [4.69, 9.17) is 5.11 Å². The van der Waals surface area contributed by atoms with Crippen LogP contribution in [0, 0.1) is 11.8 Å². The molecular weight excluding hydrogens is 264 g/mol. The summed E-state index contributed by atoms with van der Waals surface area (Å²) >= 11 is 0. The molecule has 3 rings (SSSR count). The van der Waals surface area contributed by atoms with E-state index in [2.05, 4.69) is 5.32 Å². The molecule has 4 nitrogen and oxygen atoms in total. The fourth-order valence-corrected chi connectivity index (χ4v) is 3.84. The molecule has 2 amide bonds. The fraction of sp³-hybridized carbons (Fsp3) is 0.941. The van der Waals surface area contributed by atoms with Crippen molar-refractivity contribution in [1.82, 2.24) is 10.2 Å². The molecule has 0 aromatic rings. The van der Waals surface area contributed by atoms with E-state index in [0.29, 0.717) is 12.1 Å². The minimum absolute atomic E-state index is 0.150. The Labute approximate surface area is 128 Å². The Morgan fingerprint density at radius 1 is 1.05 bits per heavy atom. The maximum Gasteiger partial charge on any atom is 0.317 e. The highest BCUT2D eigenvalue weighted by atomic mass is 16.3. The van der Waals surface area contributed by atoms with Gasteiger partial charge >= 0.3 is 6.03 Å². The molecule has 0 aromatic carbocycles. The van der Waals surface area contributed by atoms with E-state index in [1.54, 1.807) is 0 Å². The number of hydrogen-bond donors (Lipinski definition) is 2. The molecule has 2 atom stereocenters. The number of urea groups is 1. The summed E-state index contributed by atoms with van der Waals surface area (Å²) in [6, 6.07) is 1.01. The molecule has 0 bridgehead atoms. The number of amides is 2. The molecule has 120 valence electrons. The van der Waals surface area contributed by atoms with Crippen molar-refractivity contribution in [2.45, 2.75) is 76.3 Å². The summed E-state index contributed by atoms with van der Waals surface area (Å²) in [4.78, 5) is 14.6. The van der Waals surface area contributed by atoms with Crippen molar-refractivity contribution in [3.05, 3.63) is 0 Å². The van der Waals surface area contributed by atoms with Crippen molar-refractivity contribution >= 4 is 6.03 Å². The third kappa shape index (κ3) is 4.35. The van der Waals surface area contributed by atoms with Gasteiger partial charge in [-0.3, -0.25) is 0 Å². The first kappa shape index (κ1) is 15.1. The lowest BCUT2D eigenvalue weighted by atomic mass is 9.83. The third-order valence-electron chi connectivity index (χ3n) is 5.39. The fourth-order valence-electron chi connectivity index (χ4n) is 3.84. The molecule has 3 fully saturated rings. The van der Waals surface area contributed by atoms with Crippen LogP contribution in [0.5, 0.6) is 0 Å². The number of carbonyl (C=O) groups excluding carboxylic acids is 1. The molecule has 3 saturated carbocycles. The zero-order valence-corrected chi connectivity index (χ0v) is 13.1. The number of unbranched alkanes of at least 4 members (excludes halogenated alkanes) is 1. The van der Waals surface area contributed by atoms with E-state index in [0.717, 1.165) is 50.5 Å². The van der Waals surface area contributed by atoms with Crippen molar-refractivity contribution in [1.29, 1.82) is 0 Å². The third-order valence-corrected chi connectivity index (χ3v) is 5.39. The molecule has 2 unspecified atom stereocenters. The van der Waals surface area contributed by atoms with Gasteiger partial charge in [-0.25, -0.2) is 4.79 Å². The molecule has 0 aromatic heterocycles. The molecule has 3 aliphatic carbocycles. The van der Waals surface area contributed by atoms with Gasteiger partial charge in [0, 0.05) is 25.2 Å². The Morgan fingerprint density at radius 3 is 2.52 bits per heavy atom. The summed E-state index contributed by atoms with van der Waals surface area (Å²) in [6.45, 7) is 1.03. The number of nitrogens with zero attached hydrogens (tertiary/aromatic N) is 1. The van der Waals surface area contributed by atoms with Crippen LogP contribution in [-0.4, -0.2) is 41.3 Å². The van der Waals surface area contributed by atoms with Gasteiger partial charge in [-0.15, -0.1) is 0 Å². The summed E-state index contributed by atoms with van der Waals surface area (Å²) < 4.78 is 0. The summed E-state index contributed by atoms with van der Waals surface area (Å²) in [7, 11) is 0. The first-order valence-corrected chi connectivity index (χ1v) is 8.96. The van der Waals surface area contributed by atoms with E-state index < -0.39 is 0 Å². The van der Waals surface area contributed by atoms with Crippen LogP contribution in [0.4, 0.5) is 4.79 Å². The molecule has 0 spiro atoms. The molecule has 3 aliphatic rings. The molecular formula is C17H30N2O2. The quantitative estimate of drug-likeness (QED) is 0.709. The van der Waals surface area contributed by atoms with Crippen LogP contribution in [-0.2, 0) is 0 Å². The number of carbonyl (C=O) groups is 1. The highest BCUT2D eigenvalue weighted by molar-refractivity contribution is 5.75. The number of nitrogens with one attached hydrogen (secondary N) is 1. The summed E-state index contributed by atoms with van der Waals surface area (Å²) in [5, 5.41) is 12.2. The van der Waals surface area contributed by atoms with Gasteiger partial charge in [0.2, 0.25) is 0 Å². The van der Waals surface area contributed by atoms with Crippen LogP contribution < -0.4 is 5.32 Å². The minimum atomic E-state index is 0.150. The normalized spacial score (nSPS) is 29.2. The smallest absolute Gasteiger partial charge is 0.317 e. The molecule has 21 heavy (non-hydrogen) atoms. The molecule has 4 heteroatoms. The molecule has 0 saturated heterocycles. The Kier molecular flexibility index (Phi) is 5.04. The monoisotopic (exact) mass is 294 g/mol. The SMILES string of the molecule is O=C(NC1CCCC(C2CC2)C1)N(CCCCO)C1CC1. The lowest BCUT2D eigenvalue weighted by Gasteiger charge is -2.32. The maximum absolute atomic E-state index is 12.5.